The molecule has 0 spiro atoms. The van der Waals surface area contributed by atoms with Gasteiger partial charge in [-0.3, -0.25) is 19.7 Å². The highest BCUT2D eigenvalue weighted by Crippen LogP contribution is 2.23. The van der Waals surface area contributed by atoms with E-state index in [0.717, 1.165) is 0 Å². The fraction of sp³-hybridized carbons (Fsp3) is 0.333. The van der Waals surface area contributed by atoms with Crippen molar-refractivity contribution >= 4 is 23.2 Å². The van der Waals surface area contributed by atoms with Gasteiger partial charge in [0.15, 0.2) is 0 Å². The first-order valence-electron chi connectivity index (χ1n) is 8.28. The smallest absolute Gasteiger partial charge is 0.313 e. The molecule has 0 aliphatic rings. The van der Waals surface area contributed by atoms with E-state index in [-0.39, 0.29) is 18.7 Å². The monoisotopic (exact) mass is 375 g/mol. The number of nitrogens with one attached hydrogen (secondary N) is 2. The van der Waals surface area contributed by atoms with Crippen LogP contribution in [0.15, 0.2) is 28.7 Å². The first kappa shape index (κ1) is 20.1. The van der Waals surface area contributed by atoms with Gasteiger partial charge in [0.05, 0.1) is 11.0 Å². The van der Waals surface area contributed by atoms with Gasteiger partial charge >= 0.3 is 11.8 Å². The maximum Gasteiger partial charge on any atom is 0.313 e. The van der Waals surface area contributed by atoms with Crippen LogP contribution in [-0.2, 0) is 9.59 Å². The Balaban J connectivity index is 1.86. The maximum absolute atomic E-state index is 12.0. The Hall–Kier alpha value is -3.20. The van der Waals surface area contributed by atoms with Crippen molar-refractivity contribution in [3.8, 4) is 0 Å². The predicted octanol–water partition coefficient (Wildman–Crippen LogP) is 2.29. The van der Waals surface area contributed by atoms with Gasteiger partial charge in [-0.1, -0.05) is 0 Å². The van der Waals surface area contributed by atoms with Gasteiger partial charge in [-0.25, -0.2) is 0 Å². The van der Waals surface area contributed by atoms with Crippen molar-refractivity contribution in [1.82, 2.24) is 5.32 Å². The average molecular weight is 375 g/mol. The van der Waals surface area contributed by atoms with Crippen LogP contribution in [0.2, 0.25) is 0 Å². The lowest BCUT2D eigenvalue weighted by Gasteiger charge is -2.11. The normalized spacial score (nSPS) is 11.7. The number of benzene rings is 1. The first-order valence-corrected chi connectivity index (χ1v) is 8.28. The number of hydrogen-bond acceptors (Lipinski definition) is 6. The molecule has 27 heavy (non-hydrogen) atoms. The summed E-state index contributed by atoms with van der Waals surface area (Å²) in [6.07, 6.45) is -0.599. The van der Waals surface area contributed by atoms with E-state index in [2.05, 4.69) is 10.6 Å². The van der Waals surface area contributed by atoms with Crippen LogP contribution in [0.25, 0.3) is 0 Å². The number of carbonyl (C=O) groups is 2. The lowest BCUT2D eigenvalue weighted by atomic mass is 10.1. The molecular formula is C18H21N3O6. The molecule has 0 aliphatic heterocycles. The van der Waals surface area contributed by atoms with E-state index in [4.69, 9.17) is 4.42 Å². The van der Waals surface area contributed by atoms with Crippen molar-refractivity contribution < 1.29 is 24.0 Å². The Bertz CT molecular complexity index is 874. The second kappa shape index (κ2) is 8.45. The van der Waals surface area contributed by atoms with Crippen LogP contribution in [0.4, 0.5) is 11.4 Å². The van der Waals surface area contributed by atoms with Gasteiger partial charge in [0.1, 0.15) is 11.5 Å². The van der Waals surface area contributed by atoms with Gasteiger partial charge in [-0.15, -0.1) is 0 Å². The van der Waals surface area contributed by atoms with Crippen molar-refractivity contribution in [3.05, 3.63) is 57.0 Å². The average Bonchev–Trinajstić information content (AvgIpc) is 2.94. The van der Waals surface area contributed by atoms with E-state index >= 15 is 0 Å². The minimum Gasteiger partial charge on any atom is -0.466 e. The summed E-state index contributed by atoms with van der Waals surface area (Å²) in [7, 11) is 0. The molecule has 1 aromatic heterocycles. The molecule has 0 saturated carbocycles. The quantitative estimate of drug-likeness (QED) is 0.403. The third kappa shape index (κ3) is 5.14. The van der Waals surface area contributed by atoms with E-state index < -0.39 is 22.8 Å². The Morgan fingerprint density at radius 1 is 1.22 bits per heavy atom. The Morgan fingerprint density at radius 2 is 1.93 bits per heavy atom. The maximum atomic E-state index is 12.0. The SMILES string of the molecule is Cc1cc(C(O)CCNC(=O)C(=O)Nc2ccc([N+](=O)[O-])cc2C)c(C)o1. The zero-order valence-electron chi connectivity index (χ0n) is 15.2. The van der Waals surface area contributed by atoms with E-state index in [1.54, 1.807) is 26.8 Å². The van der Waals surface area contributed by atoms with E-state index in [9.17, 15) is 24.8 Å². The summed E-state index contributed by atoms with van der Waals surface area (Å²) in [5.41, 5.74) is 1.32. The molecule has 144 valence electrons. The summed E-state index contributed by atoms with van der Waals surface area (Å²) in [6.45, 7) is 5.20. The Morgan fingerprint density at radius 3 is 2.48 bits per heavy atom. The van der Waals surface area contributed by atoms with Gasteiger partial charge in [0, 0.05) is 29.9 Å². The second-order valence-corrected chi connectivity index (χ2v) is 6.14. The van der Waals surface area contributed by atoms with Crippen molar-refractivity contribution in [3.63, 3.8) is 0 Å². The number of nitro groups is 1. The number of carbonyl (C=O) groups excluding carboxylic acids is 2. The molecule has 2 amide bonds. The largest absolute Gasteiger partial charge is 0.466 e. The highest BCUT2D eigenvalue weighted by molar-refractivity contribution is 6.39. The zero-order chi connectivity index (χ0) is 20.1. The highest BCUT2D eigenvalue weighted by Gasteiger charge is 2.18. The van der Waals surface area contributed by atoms with Gasteiger partial charge in [0.2, 0.25) is 0 Å². The molecule has 0 saturated heterocycles. The van der Waals surface area contributed by atoms with E-state index in [1.165, 1.54) is 18.2 Å². The highest BCUT2D eigenvalue weighted by atomic mass is 16.6. The van der Waals surface area contributed by atoms with Crippen LogP contribution in [0.3, 0.4) is 0 Å². The molecule has 2 rings (SSSR count). The van der Waals surface area contributed by atoms with Crippen molar-refractivity contribution in [2.75, 3.05) is 11.9 Å². The number of non-ortho nitro benzene ring substituents is 1. The number of nitro benzene ring substituents is 1. The summed E-state index contributed by atoms with van der Waals surface area (Å²) in [5.74, 6) is -0.460. The fourth-order valence-corrected chi connectivity index (χ4v) is 2.62. The van der Waals surface area contributed by atoms with Crippen LogP contribution >= 0.6 is 0 Å². The lowest BCUT2D eigenvalue weighted by Crippen LogP contribution is -2.36. The summed E-state index contributed by atoms with van der Waals surface area (Å²) in [4.78, 5) is 34.0. The molecular weight excluding hydrogens is 354 g/mol. The summed E-state index contributed by atoms with van der Waals surface area (Å²) < 4.78 is 5.35. The molecule has 9 heteroatoms. The number of rotatable bonds is 6. The lowest BCUT2D eigenvalue weighted by molar-refractivity contribution is -0.384. The standard InChI is InChI=1S/C18H21N3O6/c1-10-8-13(21(25)26)4-5-15(10)20-18(24)17(23)19-7-6-16(22)14-9-11(2)27-12(14)3/h4-5,8-9,16,22H,6-7H2,1-3H3,(H,19,23)(H,20,24). The first-order chi connectivity index (χ1) is 12.7. The van der Waals surface area contributed by atoms with Crippen molar-refractivity contribution in [2.45, 2.75) is 33.3 Å². The number of anilines is 1. The summed E-state index contributed by atoms with van der Waals surface area (Å²) in [6, 6.07) is 5.64. The second-order valence-electron chi connectivity index (χ2n) is 6.14. The van der Waals surface area contributed by atoms with Gasteiger partial charge in [-0.05, 0) is 44.9 Å². The summed E-state index contributed by atoms with van der Waals surface area (Å²) in [5, 5.41) is 25.7. The van der Waals surface area contributed by atoms with Gasteiger partial charge < -0.3 is 20.2 Å². The van der Waals surface area contributed by atoms with Crippen molar-refractivity contribution in [2.24, 2.45) is 0 Å². The van der Waals surface area contributed by atoms with Crippen LogP contribution in [0.5, 0.6) is 0 Å². The molecule has 1 atom stereocenters. The molecule has 3 N–H and O–H groups in total. The number of nitrogens with zero attached hydrogens (tertiary/aromatic N) is 1. The number of aryl methyl sites for hydroxylation is 3. The molecule has 1 aromatic carbocycles. The molecule has 0 fully saturated rings. The number of furan rings is 1. The van der Waals surface area contributed by atoms with Crippen molar-refractivity contribution in [1.29, 1.82) is 0 Å². The van der Waals surface area contributed by atoms with Crippen LogP contribution in [0, 0.1) is 30.9 Å². The minimum absolute atomic E-state index is 0.0936. The molecule has 0 bridgehead atoms. The Labute approximate surface area is 155 Å². The molecule has 2 aromatic rings. The minimum atomic E-state index is -0.892. The van der Waals surface area contributed by atoms with Crippen LogP contribution in [0.1, 0.15) is 35.2 Å². The molecule has 9 nitrogen and oxygen atoms in total. The Kier molecular flexibility index (Phi) is 6.30. The zero-order valence-corrected chi connectivity index (χ0v) is 15.2. The predicted molar refractivity (Wildman–Crippen MR) is 97.2 cm³/mol. The third-order valence-electron chi connectivity index (χ3n) is 4.02. The fourth-order valence-electron chi connectivity index (χ4n) is 2.62. The number of hydrogen-bond donors (Lipinski definition) is 3. The van der Waals surface area contributed by atoms with E-state index in [1.807, 2.05) is 0 Å². The number of amides is 2. The van der Waals surface area contributed by atoms with Crippen LogP contribution < -0.4 is 10.6 Å². The number of aliphatic hydroxyl groups is 1. The molecule has 0 radical (unpaired) electrons. The molecule has 0 aliphatic carbocycles. The number of aliphatic hydroxyl groups excluding tert-OH is 1. The molecule has 1 heterocycles. The summed E-state index contributed by atoms with van der Waals surface area (Å²) >= 11 is 0. The topological polar surface area (TPSA) is 135 Å². The van der Waals surface area contributed by atoms with Gasteiger partial charge in [-0.2, -0.15) is 0 Å². The van der Waals surface area contributed by atoms with Crippen LogP contribution in [-0.4, -0.2) is 28.4 Å². The third-order valence-corrected chi connectivity index (χ3v) is 4.02. The van der Waals surface area contributed by atoms with Gasteiger partial charge in [0.25, 0.3) is 5.69 Å². The van der Waals surface area contributed by atoms with E-state index in [0.29, 0.717) is 28.3 Å². The molecule has 1 unspecified atom stereocenters.